The summed E-state index contributed by atoms with van der Waals surface area (Å²) in [6.07, 6.45) is 6.20. The van der Waals surface area contributed by atoms with Crippen molar-refractivity contribution >= 4 is 23.2 Å². The Hall–Kier alpha value is -1.40. The van der Waals surface area contributed by atoms with Crippen molar-refractivity contribution in [1.29, 1.82) is 0 Å². The Morgan fingerprint density at radius 3 is 2.90 bits per heavy atom. The summed E-state index contributed by atoms with van der Waals surface area (Å²) < 4.78 is 1.72. The number of fused-ring (bicyclic) bond motifs is 1. The number of halogens is 1. The van der Waals surface area contributed by atoms with Crippen molar-refractivity contribution in [1.82, 2.24) is 19.6 Å². The Bertz CT molecular complexity index is 608. The van der Waals surface area contributed by atoms with Crippen LogP contribution in [0.2, 0.25) is 5.15 Å². The number of aliphatic hydroxyl groups is 1. The number of nitrogens with zero attached hydrogens (tertiary/aromatic N) is 5. The molecule has 0 atom stereocenters. The number of anilines is 1. The fourth-order valence-corrected chi connectivity index (χ4v) is 3.17. The molecule has 0 radical (unpaired) electrons. The molecule has 0 aliphatic heterocycles. The van der Waals surface area contributed by atoms with Crippen LogP contribution < -0.4 is 4.90 Å². The Kier molecular flexibility index (Phi) is 3.76. The van der Waals surface area contributed by atoms with E-state index in [4.69, 9.17) is 11.6 Å². The largest absolute Gasteiger partial charge is 0.395 e. The molecule has 108 valence electrons. The van der Waals surface area contributed by atoms with Gasteiger partial charge >= 0.3 is 0 Å². The average Bonchev–Trinajstić information content (AvgIpc) is 3.09. The van der Waals surface area contributed by atoms with Gasteiger partial charge in [-0.3, -0.25) is 0 Å². The first-order valence-corrected chi connectivity index (χ1v) is 7.33. The van der Waals surface area contributed by atoms with E-state index in [-0.39, 0.29) is 6.61 Å². The summed E-state index contributed by atoms with van der Waals surface area (Å²) in [7, 11) is 0. The minimum Gasteiger partial charge on any atom is -0.395 e. The van der Waals surface area contributed by atoms with Crippen molar-refractivity contribution in [2.75, 3.05) is 18.1 Å². The summed E-state index contributed by atoms with van der Waals surface area (Å²) in [6.45, 7) is 2.61. The molecule has 0 bridgehead atoms. The quantitative estimate of drug-likeness (QED) is 0.872. The van der Waals surface area contributed by atoms with Crippen LogP contribution in [0.5, 0.6) is 0 Å². The van der Waals surface area contributed by atoms with Gasteiger partial charge in [0, 0.05) is 18.2 Å². The van der Waals surface area contributed by atoms with Gasteiger partial charge in [0.25, 0.3) is 5.78 Å². The fourth-order valence-electron chi connectivity index (χ4n) is 3.01. The first kappa shape index (κ1) is 13.6. The Morgan fingerprint density at radius 1 is 1.45 bits per heavy atom. The van der Waals surface area contributed by atoms with Crippen molar-refractivity contribution in [3.8, 4) is 0 Å². The normalized spacial score (nSPS) is 16.1. The molecule has 0 saturated heterocycles. The molecule has 1 aliphatic carbocycles. The number of rotatable bonds is 4. The van der Waals surface area contributed by atoms with Gasteiger partial charge in [-0.25, -0.2) is 0 Å². The van der Waals surface area contributed by atoms with E-state index in [9.17, 15) is 5.11 Å². The highest BCUT2D eigenvalue weighted by Gasteiger charge is 2.27. The summed E-state index contributed by atoms with van der Waals surface area (Å²) in [6, 6.07) is 0.423. The SMILES string of the molecule is Cc1c(Cl)nc2ncnn2c1N(CCO)C1CCCC1. The summed E-state index contributed by atoms with van der Waals surface area (Å²) in [4.78, 5) is 10.6. The first-order chi connectivity index (χ1) is 9.72. The molecular formula is C13H18ClN5O. The third kappa shape index (κ3) is 2.23. The number of aromatic nitrogens is 4. The fraction of sp³-hybridized carbons (Fsp3) is 0.615. The molecule has 7 heteroatoms. The maximum Gasteiger partial charge on any atom is 0.255 e. The van der Waals surface area contributed by atoms with Gasteiger partial charge in [0.05, 0.1) is 6.61 Å². The van der Waals surface area contributed by atoms with Crippen molar-refractivity contribution < 1.29 is 5.11 Å². The topological polar surface area (TPSA) is 66.5 Å². The predicted molar refractivity (Wildman–Crippen MR) is 77.2 cm³/mol. The van der Waals surface area contributed by atoms with E-state index < -0.39 is 0 Å². The lowest BCUT2D eigenvalue weighted by molar-refractivity contribution is 0.296. The van der Waals surface area contributed by atoms with Gasteiger partial charge in [0.2, 0.25) is 0 Å². The highest BCUT2D eigenvalue weighted by Crippen LogP contribution is 2.32. The van der Waals surface area contributed by atoms with E-state index in [0.717, 1.165) is 24.2 Å². The molecule has 1 aliphatic rings. The van der Waals surface area contributed by atoms with Gasteiger partial charge in [0.1, 0.15) is 17.3 Å². The van der Waals surface area contributed by atoms with E-state index in [0.29, 0.717) is 23.5 Å². The zero-order valence-electron chi connectivity index (χ0n) is 11.5. The average molecular weight is 296 g/mol. The van der Waals surface area contributed by atoms with Gasteiger partial charge in [-0.1, -0.05) is 24.4 Å². The maximum absolute atomic E-state index is 9.41. The molecule has 1 N–H and O–H groups in total. The molecule has 0 unspecified atom stereocenters. The zero-order chi connectivity index (χ0) is 14.1. The Labute approximate surface area is 122 Å². The molecular weight excluding hydrogens is 278 g/mol. The molecule has 20 heavy (non-hydrogen) atoms. The predicted octanol–water partition coefficient (Wildman–Crippen LogP) is 1.83. The van der Waals surface area contributed by atoms with Crippen LogP contribution in [0.25, 0.3) is 5.78 Å². The monoisotopic (exact) mass is 295 g/mol. The molecule has 2 heterocycles. The summed E-state index contributed by atoms with van der Waals surface area (Å²) in [5.74, 6) is 1.40. The lowest BCUT2D eigenvalue weighted by Crippen LogP contribution is -2.37. The first-order valence-electron chi connectivity index (χ1n) is 6.95. The summed E-state index contributed by atoms with van der Waals surface area (Å²) in [5.41, 5.74) is 0.880. The lowest BCUT2D eigenvalue weighted by Gasteiger charge is -2.31. The third-order valence-corrected chi connectivity index (χ3v) is 4.32. The maximum atomic E-state index is 9.41. The van der Waals surface area contributed by atoms with E-state index in [1.807, 2.05) is 6.92 Å². The smallest absolute Gasteiger partial charge is 0.255 e. The molecule has 0 spiro atoms. The molecule has 2 aromatic rings. The molecule has 6 nitrogen and oxygen atoms in total. The molecule has 1 fully saturated rings. The highest BCUT2D eigenvalue weighted by molar-refractivity contribution is 6.30. The van der Waals surface area contributed by atoms with Gasteiger partial charge in [-0.05, 0) is 19.8 Å². The van der Waals surface area contributed by atoms with E-state index >= 15 is 0 Å². The van der Waals surface area contributed by atoms with Crippen LogP contribution in [0.3, 0.4) is 0 Å². The minimum atomic E-state index is 0.103. The molecule has 1 saturated carbocycles. The van der Waals surface area contributed by atoms with Crippen molar-refractivity contribution in [2.45, 2.75) is 38.6 Å². The van der Waals surface area contributed by atoms with Crippen LogP contribution in [0.15, 0.2) is 6.33 Å². The van der Waals surface area contributed by atoms with E-state index in [1.54, 1.807) is 4.52 Å². The molecule has 3 rings (SSSR count). The van der Waals surface area contributed by atoms with Crippen LogP contribution >= 0.6 is 11.6 Å². The van der Waals surface area contributed by atoms with Crippen molar-refractivity contribution in [2.24, 2.45) is 0 Å². The number of aliphatic hydroxyl groups excluding tert-OH is 1. The lowest BCUT2D eigenvalue weighted by atomic mass is 10.2. The van der Waals surface area contributed by atoms with Gasteiger partial charge in [-0.2, -0.15) is 19.6 Å². The molecule has 0 aromatic carbocycles. The number of hydrogen-bond donors (Lipinski definition) is 1. The third-order valence-electron chi connectivity index (χ3n) is 3.95. The molecule has 0 amide bonds. The van der Waals surface area contributed by atoms with Crippen molar-refractivity contribution in [3.63, 3.8) is 0 Å². The van der Waals surface area contributed by atoms with Crippen LogP contribution in [0.4, 0.5) is 5.82 Å². The highest BCUT2D eigenvalue weighted by atomic mass is 35.5. The second-order valence-electron chi connectivity index (χ2n) is 5.18. The van der Waals surface area contributed by atoms with E-state index in [1.165, 1.54) is 19.2 Å². The minimum absolute atomic E-state index is 0.103. The van der Waals surface area contributed by atoms with Crippen LogP contribution in [0, 0.1) is 6.92 Å². The summed E-state index contributed by atoms with van der Waals surface area (Å²) in [5, 5.41) is 14.1. The van der Waals surface area contributed by atoms with Crippen LogP contribution in [0.1, 0.15) is 31.2 Å². The number of hydrogen-bond acceptors (Lipinski definition) is 5. The second-order valence-corrected chi connectivity index (χ2v) is 5.54. The second kappa shape index (κ2) is 5.54. The van der Waals surface area contributed by atoms with Crippen LogP contribution in [-0.4, -0.2) is 43.9 Å². The van der Waals surface area contributed by atoms with Crippen LogP contribution in [-0.2, 0) is 0 Å². The van der Waals surface area contributed by atoms with Gasteiger partial charge in [-0.15, -0.1) is 0 Å². The van der Waals surface area contributed by atoms with Crippen molar-refractivity contribution in [3.05, 3.63) is 17.0 Å². The summed E-state index contributed by atoms with van der Waals surface area (Å²) >= 11 is 6.22. The van der Waals surface area contributed by atoms with E-state index in [2.05, 4.69) is 20.0 Å². The van der Waals surface area contributed by atoms with Gasteiger partial charge in [0.15, 0.2) is 0 Å². The Morgan fingerprint density at radius 2 is 2.20 bits per heavy atom. The zero-order valence-corrected chi connectivity index (χ0v) is 12.2. The van der Waals surface area contributed by atoms with Gasteiger partial charge < -0.3 is 10.0 Å². The molecule has 2 aromatic heterocycles. The standard InChI is InChI=1S/C13H18ClN5O/c1-9-11(14)17-13-15-8-16-19(13)12(9)18(6-7-20)10-4-2-3-5-10/h8,10,20H,2-7H2,1H3. The Balaban J connectivity index is 2.13.